The molecule has 2 fully saturated rings. The Morgan fingerprint density at radius 2 is 1.87 bits per heavy atom. The highest BCUT2D eigenvalue weighted by Crippen LogP contribution is 2.39. The van der Waals surface area contributed by atoms with Gasteiger partial charge in [-0.1, -0.05) is 23.2 Å². The van der Waals surface area contributed by atoms with Gasteiger partial charge in [-0.2, -0.15) is 0 Å². The van der Waals surface area contributed by atoms with E-state index in [2.05, 4.69) is 20.5 Å². The number of alkyl halides is 2. The molecule has 0 spiro atoms. The van der Waals surface area contributed by atoms with Crippen LogP contribution in [0.4, 0.5) is 14.6 Å². The van der Waals surface area contributed by atoms with Crippen molar-refractivity contribution in [1.82, 2.24) is 15.6 Å². The molecule has 0 radical (unpaired) electrons. The summed E-state index contributed by atoms with van der Waals surface area (Å²) in [5.41, 5.74) is -0.567. The number of halogens is 4. The molecule has 2 saturated heterocycles. The molecule has 2 aliphatic rings. The highest BCUT2D eigenvalue weighted by molar-refractivity contribution is 6.36. The Labute approximate surface area is 229 Å². The van der Waals surface area contributed by atoms with E-state index in [4.69, 9.17) is 27.9 Å². The molecule has 3 heterocycles. The molecule has 2 bridgehead atoms. The van der Waals surface area contributed by atoms with Crippen LogP contribution in [0.15, 0.2) is 30.5 Å². The maximum Gasteiger partial charge on any atom is 0.263 e. The zero-order chi connectivity index (χ0) is 27.6. The minimum absolute atomic E-state index is 0.0628. The number of nitrogens with zero attached hydrogens (tertiary/aromatic N) is 2. The lowest BCUT2D eigenvalue weighted by Gasteiger charge is -2.40. The second kappa shape index (κ2) is 11.6. The number of hydrogen-bond donors (Lipinski definition) is 3. The summed E-state index contributed by atoms with van der Waals surface area (Å²) in [4.78, 5) is 31.8. The van der Waals surface area contributed by atoms with Gasteiger partial charge in [-0.25, -0.2) is 13.8 Å². The molecule has 4 rings (SSSR count). The lowest BCUT2D eigenvalue weighted by molar-refractivity contribution is -0.135. The molecule has 3 N–H and O–H groups in total. The number of pyridine rings is 1. The van der Waals surface area contributed by atoms with Crippen molar-refractivity contribution in [2.45, 2.75) is 76.3 Å². The van der Waals surface area contributed by atoms with Crippen molar-refractivity contribution >= 4 is 40.8 Å². The van der Waals surface area contributed by atoms with Gasteiger partial charge in [-0.3, -0.25) is 9.59 Å². The molecule has 2 amide bonds. The van der Waals surface area contributed by atoms with Gasteiger partial charge >= 0.3 is 0 Å². The van der Waals surface area contributed by atoms with Crippen LogP contribution in [0, 0.1) is 0 Å². The van der Waals surface area contributed by atoms with E-state index in [1.807, 2.05) is 0 Å². The smallest absolute Gasteiger partial charge is 0.263 e. The fraction of sp³-hybridized carbons (Fsp3) is 0.500. The molecule has 206 valence electrons. The highest BCUT2D eigenvalue weighted by Gasteiger charge is 2.43. The van der Waals surface area contributed by atoms with Crippen LogP contribution in [0.1, 0.15) is 55.5 Å². The van der Waals surface area contributed by atoms with E-state index in [-0.39, 0.29) is 47.0 Å². The van der Waals surface area contributed by atoms with E-state index in [9.17, 15) is 23.5 Å². The largest absolute Gasteiger partial charge is 0.476 e. The predicted octanol–water partition coefficient (Wildman–Crippen LogP) is 4.35. The Morgan fingerprint density at radius 3 is 2.45 bits per heavy atom. The minimum atomic E-state index is -2.62. The zero-order valence-electron chi connectivity index (χ0n) is 21.0. The first-order chi connectivity index (χ1) is 18.0. The number of nitrogens with one attached hydrogen (secondary N) is 2. The van der Waals surface area contributed by atoms with E-state index in [0.29, 0.717) is 29.2 Å². The first kappa shape index (κ1) is 28.3. The number of aliphatic hydroxyl groups is 1. The summed E-state index contributed by atoms with van der Waals surface area (Å²) in [6.45, 7) is 2.31. The van der Waals surface area contributed by atoms with Crippen LogP contribution < -0.4 is 20.3 Å². The Hall–Kier alpha value is -2.69. The lowest BCUT2D eigenvalue weighted by Crippen LogP contribution is -2.55. The molecule has 1 aromatic heterocycles. The molecule has 0 saturated carbocycles. The van der Waals surface area contributed by atoms with Gasteiger partial charge in [0.25, 0.3) is 18.2 Å². The van der Waals surface area contributed by atoms with Crippen molar-refractivity contribution in [3.8, 4) is 5.75 Å². The fourth-order valence-corrected chi connectivity index (χ4v) is 5.55. The Kier molecular flexibility index (Phi) is 8.64. The minimum Gasteiger partial charge on any atom is -0.476 e. The number of anilines is 1. The molecular weight excluding hydrogens is 541 g/mol. The zero-order valence-corrected chi connectivity index (χ0v) is 22.5. The number of benzene rings is 1. The number of aliphatic hydroxyl groups excluding tert-OH is 1. The summed E-state index contributed by atoms with van der Waals surface area (Å²) in [6, 6.07) is 6.57. The van der Waals surface area contributed by atoms with E-state index in [1.165, 1.54) is 18.3 Å². The van der Waals surface area contributed by atoms with Gasteiger partial charge in [0, 0.05) is 29.3 Å². The molecule has 0 aliphatic carbocycles. The van der Waals surface area contributed by atoms with Crippen LogP contribution >= 0.6 is 23.2 Å². The average Bonchev–Trinajstić information content (AvgIpc) is 3.14. The lowest BCUT2D eigenvalue weighted by atomic mass is 9.96. The summed E-state index contributed by atoms with van der Waals surface area (Å²) in [5, 5.41) is 15.3. The maximum absolute atomic E-state index is 13.2. The second-order valence-corrected chi connectivity index (χ2v) is 10.9. The van der Waals surface area contributed by atoms with E-state index < -0.39 is 24.5 Å². The summed E-state index contributed by atoms with van der Waals surface area (Å²) >= 11 is 12.3. The van der Waals surface area contributed by atoms with Crippen LogP contribution in [-0.2, 0) is 11.4 Å². The number of aromatic nitrogens is 1. The van der Waals surface area contributed by atoms with Gasteiger partial charge in [-0.15, -0.1) is 0 Å². The number of carbonyl (C=O) groups excluding carboxylic acids is 2. The number of carbonyl (C=O) groups is 2. The molecule has 2 aromatic rings. The molecule has 38 heavy (non-hydrogen) atoms. The first-order valence-corrected chi connectivity index (χ1v) is 13.1. The van der Waals surface area contributed by atoms with Gasteiger partial charge in [0.2, 0.25) is 0 Å². The SMILES string of the molecule is CC(C)(Oc1cc(CO)c(Cl)cc1Cl)C(=O)NC1C[C@H]2CC[C@@H](C1)N2c1ccc(C(=O)NCC(F)F)cn1. The summed E-state index contributed by atoms with van der Waals surface area (Å²) in [6.07, 6.45) is 2.10. The van der Waals surface area contributed by atoms with Gasteiger partial charge in [0.1, 0.15) is 11.6 Å². The second-order valence-electron chi connectivity index (χ2n) is 10.1. The predicted molar refractivity (Wildman–Crippen MR) is 140 cm³/mol. The van der Waals surface area contributed by atoms with Crippen LogP contribution in [0.5, 0.6) is 5.75 Å². The first-order valence-electron chi connectivity index (χ1n) is 12.4. The van der Waals surface area contributed by atoms with Gasteiger partial charge < -0.3 is 25.4 Å². The summed E-state index contributed by atoms with van der Waals surface area (Å²) < 4.78 is 30.7. The molecule has 3 atom stereocenters. The maximum atomic E-state index is 13.2. The van der Waals surface area contributed by atoms with Gasteiger partial charge in [0.15, 0.2) is 5.60 Å². The van der Waals surface area contributed by atoms with Crippen LogP contribution in [0.3, 0.4) is 0 Å². The fourth-order valence-electron chi connectivity index (χ4n) is 5.07. The van der Waals surface area contributed by atoms with Crippen molar-refractivity contribution in [2.24, 2.45) is 0 Å². The number of hydrogen-bond acceptors (Lipinski definition) is 6. The molecule has 2 aliphatic heterocycles. The number of rotatable bonds is 9. The Balaban J connectivity index is 1.37. The monoisotopic (exact) mass is 570 g/mol. The van der Waals surface area contributed by atoms with E-state index in [1.54, 1.807) is 26.0 Å². The Bertz CT molecular complexity index is 1170. The van der Waals surface area contributed by atoms with Crippen molar-refractivity contribution in [3.05, 3.63) is 51.6 Å². The third-order valence-electron chi connectivity index (χ3n) is 6.94. The quantitative estimate of drug-likeness (QED) is 0.414. The third-order valence-corrected chi connectivity index (χ3v) is 7.59. The normalized spacial score (nSPS) is 20.9. The summed E-state index contributed by atoms with van der Waals surface area (Å²) in [7, 11) is 0. The molecule has 12 heteroatoms. The van der Waals surface area contributed by atoms with E-state index >= 15 is 0 Å². The van der Waals surface area contributed by atoms with Crippen molar-refractivity contribution < 1.29 is 28.2 Å². The van der Waals surface area contributed by atoms with Crippen LogP contribution in [0.2, 0.25) is 10.0 Å². The van der Waals surface area contributed by atoms with Crippen LogP contribution in [0.25, 0.3) is 0 Å². The van der Waals surface area contributed by atoms with Gasteiger partial charge in [-0.05, 0) is 69.4 Å². The molecule has 1 unspecified atom stereocenters. The van der Waals surface area contributed by atoms with Crippen molar-refractivity contribution in [1.29, 1.82) is 0 Å². The number of amides is 2. The number of ether oxygens (including phenoxy) is 1. The van der Waals surface area contributed by atoms with Crippen molar-refractivity contribution in [3.63, 3.8) is 0 Å². The number of piperidine rings is 1. The van der Waals surface area contributed by atoms with Gasteiger partial charge in [0.05, 0.1) is 23.7 Å². The van der Waals surface area contributed by atoms with E-state index in [0.717, 1.165) is 12.8 Å². The average molecular weight is 571 g/mol. The standard InChI is InChI=1S/C26H30Cl2F2N4O4/c1-26(2,38-21-7-15(13-35)19(27)10-20(21)28)25(37)33-16-8-17-4-5-18(9-16)34(17)23-6-3-14(11-31-23)24(36)32-12-22(29)30/h3,6-7,10-11,16-18,22,35H,4-5,8-9,12-13H2,1-2H3,(H,32,36)(H,33,37)/t16?,17-,18+. The number of fused-ring (bicyclic) bond motifs is 2. The van der Waals surface area contributed by atoms with Crippen LogP contribution in [-0.4, -0.2) is 58.6 Å². The molecule has 8 nitrogen and oxygen atoms in total. The van der Waals surface area contributed by atoms with Crippen molar-refractivity contribution in [2.75, 3.05) is 11.4 Å². The topological polar surface area (TPSA) is 104 Å². The molecule has 1 aromatic carbocycles. The third kappa shape index (κ3) is 6.30. The Morgan fingerprint density at radius 1 is 1.18 bits per heavy atom. The molecular formula is C26H30Cl2F2N4O4. The summed E-state index contributed by atoms with van der Waals surface area (Å²) in [5.74, 6) is 0.0937. The highest BCUT2D eigenvalue weighted by atomic mass is 35.5.